The van der Waals surface area contributed by atoms with Crippen LogP contribution in [0.25, 0.3) is 6.08 Å². The molecular weight excluding hydrogens is 406 g/mol. The van der Waals surface area contributed by atoms with Crippen molar-refractivity contribution < 1.29 is 4.79 Å². The number of aryl methyl sites for hydroxylation is 1. The zero-order valence-corrected chi connectivity index (χ0v) is 17.6. The molecule has 1 aliphatic rings. The average Bonchev–Trinajstić information content (AvgIpc) is 3.03. The molecule has 7 heteroatoms. The van der Waals surface area contributed by atoms with E-state index in [0.717, 1.165) is 54.0 Å². The van der Waals surface area contributed by atoms with Crippen LogP contribution in [0.5, 0.6) is 0 Å². The number of nitrogens with one attached hydrogen (secondary N) is 2. The molecule has 0 saturated carbocycles. The highest BCUT2D eigenvalue weighted by Gasteiger charge is 2.16. The fourth-order valence-electron chi connectivity index (χ4n) is 3.17. The molecule has 6 nitrogen and oxygen atoms in total. The van der Waals surface area contributed by atoms with Crippen LogP contribution in [0.3, 0.4) is 0 Å². The van der Waals surface area contributed by atoms with Gasteiger partial charge in [0, 0.05) is 48.7 Å². The van der Waals surface area contributed by atoms with Gasteiger partial charge in [0.1, 0.15) is 0 Å². The second-order valence-electron chi connectivity index (χ2n) is 6.84. The molecule has 1 saturated heterocycles. The minimum Gasteiger partial charge on any atom is -0.369 e. The standard InChI is InChI=1S/C20H26BrN5O/c1-4-18-17(13-14(2)21)19(24-23-18)22-20(27)15-5-7-16(8-6-15)26-11-9-25(3)10-12-26/h5-8,13H,4,9-12H2,1-3H3,(H2,22,23,24,27)/b14-13+. The van der Waals surface area contributed by atoms with Crippen LogP contribution in [0.4, 0.5) is 11.5 Å². The van der Waals surface area contributed by atoms with Crippen molar-refractivity contribution in [2.24, 2.45) is 0 Å². The Morgan fingerprint density at radius 3 is 2.52 bits per heavy atom. The highest BCUT2D eigenvalue weighted by Crippen LogP contribution is 2.23. The molecule has 1 amide bonds. The summed E-state index contributed by atoms with van der Waals surface area (Å²) < 4.78 is 0.977. The third-order valence-corrected chi connectivity index (χ3v) is 5.04. The van der Waals surface area contributed by atoms with E-state index in [-0.39, 0.29) is 5.91 Å². The quantitative estimate of drug-likeness (QED) is 0.756. The minimum absolute atomic E-state index is 0.157. The van der Waals surface area contributed by atoms with Crippen LogP contribution < -0.4 is 10.2 Å². The number of aromatic nitrogens is 2. The third-order valence-electron chi connectivity index (χ3n) is 4.81. The molecule has 1 aliphatic heterocycles. The molecule has 0 bridgehead atoms. The SMILES string of the molecule is CCc1[nH]nc(NC(=O)c2ccc(N3CCN(C)CC3)cc2)c1/C=C(\C)Br. The van der Waals surface area contributed by atoms with Gasteiger partial charge >= 0.3 is 0 Å². The first kappa shape index (κ1) is 19.6. The van der Waals surface area contributed by atoms with Crippen LogP contribution in [0.1, 0.15) is 35.5 Å². The number of carbonyl (C=O) groups is 1. The smallest absolute Gasteiger partial charge is 0.256 e. The topological polar surface area (TPSA) is 64.3 Å². The van der Waals surface area contributed by atoms with Crippen LogP contribution >= 0.6 is 15.9 Å². The lowest BCUT2D eigenvalue weighted by molar-refractivity contribution is 0.102. The summed E-state index contributed by atoms with van der Waals surface area (Å²) >= 11 is 3.45. The van der Waals surface area contributed by atoms with E-state index in [9.17, 15) is 4.79 Å². The lowest BCUT2D eigenvalue weighted by atomic mass is 10.1. The third kappa shape index (κ3) is 4.78. The maximum absolute atomic E-state index is 12.7. The second-order valence-corrected chi connectivity index (χ2v) is 8.09. The normalized spacial score (nSPS) is 15.9. The summed E-state index contributed by atoms with van der Waals surface area (Å²) in [6.45, 7) is 8.15. The molecule has 2 aromatic rings. The number of rotatable bonds is 5. The minimum atomic E-state index is -0.157. The Morgan fingerprint density at radius 1 is 1.26 bits per heavy atom. The van der Waals surface area contributed by atoms with Gasteiger partial charge in [-0.05, 0) is 55.2 Å². The van der Waals surface area contributed by atoms with Gasteiger partial charge in [-0.25, -0.2) is 0 Å². The Labute approximate surface area is 168 Å². The van der Waals surface area contributed by atoms with Gasteiger partial charge in [-0.1, -0.05) is 22.9 Å². The Kier molecular flexibility index (Phi) is 6.34. The van der Waals surface area contributed by atoms with Crippen LogP contribution in [0.2, 0.25) is 0 Å². The summed E-state index contributed by atoms with van der Waals surface area (Å²) in [6.07, 6.45) is 2.78. The molecule has 1 aromatic heterocycles. The summed E-state index contributed by atoms with van der Waals surface area (Å²) in [5, 5.41) is 10.2. The maximum atomic E-state index is 12.7. The predicted molar refractivity (Wildman–Crippen MR) is 115 cm³/mol. The Morgan fingerprint density at radius 2 is 1.93 bits per heavy atom. The van der Waals surface area contributed by atoms with Crippen molar-refractivity contribution in [3.05, 3.63) is 45.6 Å². The Bertz CT molecular complexity index is 815. The highest BCUT2D eigenvalue weighted by molar-refractivity contribution is 9.11. The number of aromatic amines is 1. The number of carbonyl (C=O) groups excluding carboxylic acids is 1. The number of hydrogen-bond donors (Lipinski definition) is 2. The number of nitrogens with zero attached hydrogens (tertiary/aromatic N) is 3. The monoisotopic (exact) mass is 431 g/mol. The lowest BCUT2D eigenvalue weighted by Gasteiger charge is -2.34. The van der Waals surface area contributed by atoms with Crippen LogP contribution in [0.15, 0.2) is 28.7 Å². The van der Waals surface area contributed by atoms with E-state index in [2.05, 4.69) is 55.2 Å². The fraction of sp³-hybridized carbons (Fsp3) is 0.400. The Balaban J connectivity index is 1.72. The molecule has 144 valence electrons. The maximum Gasteiger partial charge on any atom is 0.256 e. The van der Waals surface area contributed by atoms with E-state index in [1.807, 2.05) is 37.3 Å². The Hall–Kier alpha value is -2.12. The van der Waals surface area contributed by atoms with Crippen molar-refractivity contribution in [1.29, 1.82) is 0 Å². The van der Waals surface area contributed by atoms with E-state index < -0.39 is 0 Å². The zero-order chi connectivity index (χ0) is 19.4. The van der Waals surface area contributed by atoms with Gasteiger partial charge in [0.15, 0.2) is 5.82 Å². The zero-order valence-electron chi connectivity index (χ0n) is 16.1. The van der Waals surface area contributed by atoms with Crippen LogP contribution in [-0.4, -0.2) is 54.2 Å². The molecule has 2 N–H and O–H groups in total. The van der Waals surface area contributed by atoms with Crippen molar-refractivity contribution in [3.63, 3.8) is 0 Å². The molecular formula is C20H26BrN5O. The fourth-order valence-corrected chi connectivity index (χ4v) is 3.40. The summed E-state index contributed by atoms with van der Waals surface area (Å²) in [5.74, 6) is 0.398. The van der Waals surface area contributed by atoms with E-state index in [4.69, 9.17) is 0 Å². The second kappa shape index (κ2) is 8.71. The first-order valence-corrected chi connectivity index (χ1v) is 10.0. The van der Waals surface area contributed by atoms with Gasteiger partial charge in [0.05, 0.1) is 0 Å². The molecule has 27 heavy (non-hydrogen) atoms. The van der Waals surface area contributed by atoms with Crippen molar-refractivity contribution in [2.75, 3.05) is 43.4 Å². The molecule has 0 aliphatic carbocycles. The van der Waals surface area contributed by atoms with Gasteiger partial charge in [-0.15, -0.1) is 0 Å². The first-order chi connectivity index (χ1) is 13.0. The summed E-state index contributed by atoms with van der Waals surface area (Å²) in [5.41, 5.74) is 3.69. The number of likely N-dealkylation sites (N-methyl/N-ethyl adjacent to an activating group) is 1. The molecule has 0 unspecified atom stereocenters. The largest absolute Gasteiger partial charge is 0.369 e. The summed E-state index contributed by atoms with van der Waals surface area (Å²) in [7, 11) is 2.14. The molecule has 1 fully saturated rings. The van der Waals surface area contributed by atoms with E-state index in [1.54, 1.807) is 0 Å². The molecule has 2 heterocycles. The van der Waals surface area contributed by atoms with Crippen LogP contribution in [-0.2, 0) is 6.42 Å². The molecule has 0 radical (unpaired) electrons. The van der Waals surface area contributed by atoms with Crippen molar-refractivity contribution in [2.45, 2.75) is 20.3 Å². The number of allylic oxidation sites excluding steroid dienone is 1. The van der Waals surface area contributed by atoms with E-state index in [1.165, 1.54) is 0 Å². The van der Waals surface area contributed by atoms with Gasteiger partial charge in [-0.2, -0.15) is 5.10 Å². The number of halogens is 1. The van der Waals surface area contributed by atoms with E-state index in [0.29, 0.717) is 11.4 Å². The van der Waals surface area contributed by atoms with Crippen molar-refractivity contribution in [1.82, 2.24) is 15.1 Å². The molecule has 0 atom stereocenters. The highest BCUT2D eigenvalue weighted by atomic mass is 79.9. The number of H-pyrrole nitrogens is 1. The number of hydrogen-bond acceptors (Lipinski definition) is 4. The summed E-state index contributed by atoms with van der Waals surface area (Å²) in [4.78, 5) is 17.3. The first-order valence-electron chi connectivity index (χ1n) is 9.24. The van der Waals surface area contributed by atoms with E-state index >= 15 is 0 Å². The number of anilines is 2. The molecule has 1 aromatic carbocycles. The van der Waals surface area contributed by atoms with Gasteiger partial charge in [-0.3, -0.25) is 9.89 Å². The number of amides is 1. The van der Waals surface area contributed by atoms with Gasteiger partial charge in [0.2, 0.25) is 0 Å². The van der Waals surface area contributed by atoms with Crippen molar-refractivity contribution in [3.8, 4) is 0 Å². The number of benzene rings is 1. The molecule has 0 spiro atoms. The lowest BCUT2D eigenvalue weighted by Crippen LogP contribution is -2.44. The van der Waals surface area contributed by atoms with Gasteiger partial charge < -0.3 is 15.1 Å². The van der Waals surface area contributed by atoms with Crippen molar-refractivity contribution >= 4 is 39.4 Å². The van der Waals surface area contributed by atoms with Gasteiger partial charge in [0.25, 0.3) is 5.91 Å². The summed E-state index contributed by atoms with van der Waals surface area (Å²) in [6, 6.07) is 7.79. The average molecular weight is 432 g/mol. The predicted octanol–water partition coefficient (Wildman–Crippen LogP) is 3.73. The number of piperazine rings is 1. The molecule has 3 rings (SSSR count). The van der Waals surface area contributed by atoms with Crippen LogP contribution in [0, 0.1) is 0 Å².